The molecule has 0 spiro atoms. The Hall–Kier alpha value is -4.13. The van der Waals surface area contributed by atoms with Crippen molar-refractivity contribution >= 4 is 57.4 Å². The van der Waals surface area contributed by atoms with Crippen LogP contribution in [0.15, 0.2) is 91.0 Å². The normalized spacial score (nSPS) is 16.3. The van der Waals surface area contributed by atoms with Gasteiger partial charge in [-0.3, -0.25) is 9.59 Å². The van der Waals surface area contributed by atoms with E-state index in [1.54, 1.807) is 30.3 Å². The molecule has 5 aromatic rings. The van der Waals surface area contributed by atoms with Gasteiger partial charge in [0.1, 0.15) is 5.82 Å². The van der Waals surface area contributed by atoms with Gasteiger partial charge in [-0.15, -0.1) is 0 Å². The molecular weight excluding hydrogens is 519 g/mol. The number of hydrogen-bond acceptors (Lipinski definition) is 3. The lowest BCUT2D eigenvalue weighted by atomic mass is 10.1. The Labute approximate surface area is 229 Å². The number of fused-ring (bicyclic) bond motifs is 1. The lowest BCUT2D eigenvalue weighted by Crippen LogP contribution is -2.14. The minimum Gasteiger partial charge on any atom is -0.338 e. The molecule has 4 aromatic carbocycles. The third-order valence-electron chi connectivity index (χ3n) is 6.71. The standard InChI is InChI=1S/C30H22Cl2N4O2/c31-23-7-4-8-24(32)27(23)30(38)33-19-11-9-18(10-12-19)28-35-25-14-13-20(15-26(25)36-28)34-29(37)22-16-21(22)17-5-2-1-3-6-17/h1-15,21-22H,16H2,(H,33,38)(H,34,37)(H,35,36). The summed E-state index contributed by atoms with van der Waals surface area (Å²) >= 11 is 12.3. The first-order valence-corrected chi connectivity index (χ1v) is 12.9. The maximum absolute atomic E-state index is 12.8. The van der Waals surface area contributed by atoms with Crippen molar-refractivity contribution in [1.29, 1.82) is 0 Å². The molecule has 1 aromatic heterocycles. The summed E-state index contributed by atoms with van der Waals surface area (Å²) in [5.41, 5.74) is 5.23. The van der Waals surface area contributed by atoms with Gasteiger partial charge < -0.3 is 15.6 Å². The number of benzene rings is 4. The minimum absolute atomic E-state index is 0.00151. The molecule has 1 aliphatic carbocycles. The fraction of sp³-hybridized carbons (Fsp3) is 0.100. The van der Waals surface area contributed by atoms with Gasteiger partial charge in [-0.1, -0.05) is 59.6 Å². The number of aromatic amines is 1. The Balaban J connectivity index is 1.13. The lowest BCUT2D eigenvalue weighted by Gasteiger charge is -2.08. The molecule has 0 saturated heterocycles. The Morgan fingerprint density at radius 3 is 2.26 bits per heavy atom. The number of halogens is 2. The van der Waals surface area contributed by atoms with Crippen LogP contribution in [0, 0.1) is 5.92 Å². The predicted octanol–water partition coefficient (Wildman–Crippen LogP) is 7.53. The van der Waals surface area contributed by atoms with Crippen LogP contribution in [-0.4, -0.2) is 21.8 Å². The summed E-state index contributed by atoms with van der Waals surface area (Å²) in [4.78, 5) is 33.4. The molecule has 2 unspecified atom stereocenters. The van der Waals surface area contributed by atoms with Gasteiger partial charge in [0.15, 0.2) is 0 Å². The van der Waals surface area contributed by atoms with E-state index in [0.29, 0.717) is 11.5 Å². The molecule has 0 radical (unpaired) electrons. The van der Waals surface area contributed by atoms with Crippen molar-refractivity contribution in [3.05, 3.63) is 112 Å². The van der Waals surface area contributed by atoms with Gasteiger partial charge in [-0.2, -0.15) is 0 Å². The number of hydrogen-bond donors (Lipinski definition) is 3. The van der Waals surface area contributed by atoms with E-state index in [2.05, 4.69) is 32.7 Å². The molecule has 3 N–H and O–H groups in total. The summed E-state index contributed by atoms with van der Waals surface area (Å²) in [5, 5.41) is 6.44. The number of amides is 2. The van der Waals surface area contributed by atoms with Crippen molar-refractivity contribution in [3.8, 4) is 11.4 Å². The van der Waals surface area contributed by atoms with Gasteiger partial charge >= 0.3 is 0 Å². The number of nitrogens with one attached hydrogen (secondary N) is 3. The van der Waals surface area contributed by atoms with E-state index in [1.807, 2.05) is 48.5 Å². The van der Waals surface area contributed by atoms with Crippen molar-refractivity contribution in [2.45, 2.75) is 12.3 Å². The lowest BCUT2D eigenvalue weighted by molar-refractivity contribution is -0.117. The zero-order chi connectivity index (χ0) is 26.2. The molecule has 0 bridgehead atoms. The third kappa shape index (κ3) is 4.88. The molecular formula is C30H22Cl2N4O2. The van der Waals surface area contributed by atoms with Crippen molar-refractivity contribution in [2.75, 3.05) is 10.6 Å². The zero-order valence-corrected chi connectivity index (χ0v) is 21.6. The van der Waals surface area contributed by atoms with Gasteiger partial charge in [-0.25, -0.2) is 4.98 Å². The first-order chi connectivity index (χ1) is 18.5. The predicted molar refractivity (Wildman–Crippen MR) is 152 cm³/mol. The van der Waals surface area contributed by atoms with Gasteiger partial charge in [0.25, 0.3) is 5.91 Å². The van der Waals surface area contributed by atoms with Crippen molar-refractivity contribution < 1.29 is 9.59 Å². The highest BCUT2D eigenvalue weighted by atomic mass is 35.5. The molecule has 0 aliphatic heterocycles. The second kappa shape index (κ2) is 9.97. The van der Waals surface area contributed by atoms with Crippen LogP contribution >= 0.6 is 23.2 Å². The van der Waals surface area contributed by atoms with Crippen LogP contribution in [0.2, 0.25) is 10.0 Å². The van der Waals surface area contributed by atoms with E-state index < -0.39 is 0 Å². The molecule has 6 rings (SSSR count). The van der Waals surface area contributed by atoms with Crippen molar-refractivity contribution in [1.82, 2.24) is 9.97 Å². The van der Waals surface area contributed by atoms with Crippen LogP contribution in [0.1, 0.15) is 28.3 Å². The summed E-state index contributed by atoms with van der Waals surface area (Å²) < 4.78 is 0. The average molecular weight is 541 g/mol. The van der Waals surface area contributed by atoms with E-state index in [9.17, 15) is 9.59 Å². The van der Waals surface area contributed by atoms with Crippen LogP contribution in [0.5, 0.6) is 0 Å². The Bertz CT molecular complexity index is 1650. The first kappa shape index (κ1) is 24.2. The third-order valence-corrected chi connectivity index (χ3v) is 7.34. The van der Waals surface area contributed by atoms with Crippen molar-refractivity contribution in [2.24, 2.45) is 5.92 Å². The van der Waals surface area contributed by atoms with Gasteiger partial charge in [0, 0.05) is 22.9 Å². The molecule has 6 nitrogen and oxygen atoms in total. The molecule has 8 heteroatoms. The molecule has 2 atom stereocenters. The highest BCUT2D eigenvalue weighted by Gasteiger charge is 2.43. The summed E-state index contributed by atoms with van der Waals surface area (Å²) in [7, 11) is 0. The first-order valence-electron chi connectivity index (χ1n) is 12.2. The topological polar surface area (TPSA) is 86.9 Å². The number of imidazole rings is 1. The molecule has 1 aliphatic rings. The van der Waals surface area contributed by atoms with Crippen LogP contribution < -0.4 is 10.6 Å². The number of carbonyl (C=O) groups excluding carboxylic acids is 2. The SMILES string of the molecule is O=C(Nc1ccc(-c2nc3ccc(NC(=O)C4CC4c4ccccc4)cc3[nH]2)cc1)c1c(Cl)cccc1Cl. The average Bonchev–Trinajstić information content (AvgIpc) is 3.62. The van der Waals surface area contributed by atoms with Crippen LogP contribution in [-0.2, 0) is 4.79 Å². The molecule has 1 fully saturated rings. The molecule has 188 valence electrons. The smallest absolute Gasteiger partial charge is 0.258 e. The van der Waals surface area contributed by atoms with Crippen LogP contribution in [0.4, 0.5) is 11.4 Å². The molecule has 1 heterocycles. The highest BCUT2D eigenvalue weighted by molar-refractivity contribution is 6.40. The van der Waals surface area contributed by atoms with E-state index in [4.69, 9.17) is 23.2 Å². The molecule has 2 amide bonds. The second-order valence-corrected chi connectivity index (χ2v) is 10.1. The monoisotopic (exact) mass is 540 g/mol. The van der Waals surface area contributed by atoms with E-state index >= 15 is 0 Å². The Morgan fingerprint density at radius 2 is 1.53 bits per heavy atom. The number of aromatic nitrogens is 2. The second-order valence-electron chi connectivity index (χ2n) is 9.29. The maximum atomic E-state index is 12.8. The van der Waals surface area contributed by atoms with E-state index in [0.717, 1.165) is 28.7 Å². The summed E-state index contributed by atoms with van der Waals surface area (Å²) in [6.07, 6.45) is 0.869. The fourth-order valence-corrected chi connectivity index (χ4v) is 5.20. The number of nitrogens with zero attached hydrogens (tertiary/aromatic N) is 1. The minimum atomic E-state index is -0.382. The van der Waals surface area contributed by atoms with E-state index in [-0.39, 0.29) is 39.3 Å². The number of carbonyl (C=O) groups is 2. The van der Waals surface area contributed by atoms with Crippen LogP contribution in [0.25, 0.3) is 22.4 Å². The summed E-state index contributed by atoms with van der Waals surface area (Å²) in [5.74, 6) is 0.620. The highest BCUT2D eigenvalue weighted by Crippen LogP contribution is 2.48. The summed E-state index contributed by atoms with van der Waals surface area (Å²) in [6, 6.07) is 28.0. The quantitative estimate of drug-likeness (QED) is 0.208. The number of H-pyrrole nitrogens is 1. The fourth-order valence-electron chi connectivity index (χ4n) is 4.63. The number of anilines is 2. The largest absolute Gasteiger partial charge is 0.338 e. The zero-order valence-electron chi connectivity index (χ0n) is 20.0. The van der Waals surface area contributed by atoms with Gasteiger partial charge in [0.2, 0.25) is 5.91 Å². The number of rotatable bonds is 6. The molecule has 1 saturated carbocycles. The Morgan fingerprint density at radius 1 is 0.816 bits per heavy atom. The van der Waals surface area contributed by atoms with Gasteiger partial charge in [0.05, 0.1) is 26.6 Å². The Kier molecular flexibility index (Phi) is 6.35. The van der Waals surface area contributed by atoms with Crippen molar-refractivity contribution in [3.63, 3.8) is 0 Å². The van der Waals surface area contributed by atoms with Crippen LogP contribution in [0.3, 0.4) is 0 Å². The van der Waals surface area contributed by atoms with Gasteiger partial charge in [-0.05, 0) is 72.5 Å². The maximum Gasteiger partial charge on any atom is 0.258 e. The van der Waals surface area contributed by atoms with E-state index in [1.165, 1.54) is 5.56 Å². The summed E-state index contributed by atoms with van der Waals surface area (Å²) in [6.45, 7) is 0. The molecule has 38 heavy (non-hydrogen) atoms.